The summed E-state index contributed by atoms with van der Waals surface area (Å²) in [5.41, 5.74) is 6.62. The Kier molecular flexibility index (Phi) is 10.8. The van der Waals surface area contributed by atoms with Crippen LogP contribution in [0.2, 0.25) is 0 Å². The lowest BCUT2D eigenvalue weighted by atomic mass is 10.0. The van der Waals surface area contributed by atoms with Gasteiger partial charge in [0.25, 0.3) is 0 Å². The highest BCUT2D eigenvalue weighted by Gasteiger charge is 2.29. The zero-order valence-electron chi connectivity index (χ0n) is 19.8. The second-order valence-corrected chi connectivity index (χ2v) is 8.97. The van der Waals surface area contributed by atoms with Crippen LogP contribution in [0.1, 0.15) is 46.6 Å². The normalized spacial score (nSPS) is 14.8. The van der Waals surface area contributed by atoms with Gasteiger partial charge in [-0.05, 0) is 42.9 Å². The molecule has 184 valence electrons. The minimum Gasteiger partial charge on any atom is -0.508 e. The Hall–Kier alpha value is -3.14. The molecule has 0 radical (unpaired) electrons. The third kappa shape index (κ3) is 9.48. The fourth-order valence-electron chi connectivity index (χ4n) is 3.14. The zero-order valence-corrected chi connectivity index (χ0v) is 19.8. The molecule has 4 unspecified atom stereocenters. The van der Waals surface area contributed by atoms with E-state index in [0.29, 0.717) is 12.0 Å². The quantitative estimate of drug-likeness (QED) is 0.262. The SMILES string of the molecule is CC(C)CC(N)C(=O)NC(Cc1ccc(O)cc1)C(=O)NC(C)C(=O)NC(C(=O)O)C(C)C. The molecule has 4 atom stereocenters. The molecule has 0 spiro atoms. The van der Waals surface area contributed by atoms with Gasteiger partial charge >= 0.3 is 5.97 Å². The van der Waals surface area contributed by atoms with Gasteiger partial charge in [0, 0.05) is 6.42 Å². The summed E-state index contributed by atoms with van der Waals surface area (Å²) in [7, 11) is 0. The van der Waals surface area contributed by atoms with E-state index in [1.54, 1.807) is 26.0 Å². The number of nitrogens with one attached hydrogen (secondary N) is 3. The smallest absolute Gasteiger partial charge is 0.326 e. The van der Waals surface area contributed by atoms with Crippen molar-refractivity contribution in [3.63, 3.8) is 0 Å². The van der Waals surface area contributed by atoms with Crippen molar-refractivity contribution < 1.29 is 29.4 Å². The number of nitrogens with two attached hydrogens (primary N) is 1. The van der Waals surface area contributed by atoms with Crippen molar-refractivity contribution >= 4 is 23.7 Å². The number of aliphatic carboxylic acids is 1. The van der Waals surface area contributed by atoms with Crippen LogP contribution in [-0.4, -0.2) is 58.1 Å². The molecule has 0 aromatic heterocycles. The molecule has 7 N–H and O–H groups in total. The molecule has 0 aliphatic heterocycles. The average molecular weight is 465 g/mol. The summed E-state index contributed by atoms with van der Waals surface area (Å²) in [4.78, 5) is 49.3. The van der Waals surface area contributed by atoms with Gasteiger partial charge < -0.3 is 31.9 Å². The molecule has 33 heavy (non-hydrogen) atoms. The molecule has 10 heteroatoms. The number of phenolic OH excluding ortho intramolecular Hbond substituents is 1. The van der Waals surface area contributed by atoms with Crippen LogP contribution in [0.5, 0.6) is 5.75 Å². The van der Waals surface area contributed by atoms with Crippen LogP contribution < -0.4 is 21.7 Å². The number of aromatic hydroxyl groups is 1. The molecule has 3 amide bonds. The van der Waals surface area contributed by atoms with Crippen LogP contribution in [0, 0.1) is 11.8 Å². The Bertz CT molecular complexity index is 825. The van der Waals surface area contributed by atoms with Crippen LogP contribution in [0.15, 0.2) is 24.3 Å². The van der Waals surface area contributed by atoms with Gasteiger partial charge in [-0.2, -0.15) is 0 Å². The Morgan fingerprint density at radius 3 is 1.94 bits per heavy atom. The maximum atomic E-state index is 13.0. The first-order valence-corrected chi connectivity index (χ1v) is 11.0. The van der Waals surface area contributed by atoms with E-state index in [-0.39, 0.29) is 24.0 Å². The molecule has 0 saturated carbocycles. The topological polar surface area (TPSA) is 171 Å². The molecular formula is C23H36N4O6. The van der Waals surface area contributed by atoms with Gasteiger partial charge in [-0.15, -0.1) is 0 Å². The van der Waals surface area contributed by atoms with Crippen molar-refractivity contribution in [2.24, 2.45) is 17.6 Å². The lowest BCUT2D eigenvalue weighted by Gasteiger charge is -2.24. The minimum atomic E-state index is -1.17. The lowest BCUT2D eigenvalue weighted by Crippen LogP contribution is -2.57. The number of phenols is 1. The highest BCUT2D eigenvalue weighted by atomic mass is 16.4. The number of amides is 3. The highest BCUT2D eigenvalue weighted by molar-refractivity contribution is 5.94. The molecule has 10 nitrogen and oxygen atoms in total. The number of carbonyl (C=O) groups excluding carboxylic acids is 3. The predicted molar refractivity (Wildman–Crippen MR) is 123 cm³/mol. The summed E-state index contributed by atoms with van der Waals surface area (Å²) in [6.45, 7) is 8.60. The van der Waals surface area contributed by atoms with E-state index in [1.807, 2.05) is 13.8 Å². The van der Waals surface area contributed by atoms with E-state index in [4.69, 9.17) is 5.73 Å². The van der Waals surface area contributed by atoms with Gasteiger partial charge in [-0.25, -0.2) is 4.79 Å². The number of rotatable bonds is 12. The molecule has 0 saturated heterocycles. The number of carboxylic acids is 1. The number of carbonyl (C=O) groups is 4. The van der Waals surface area contributed by atoms with Crippen molar-refractivity contribution in [3.05, 3.63) is 29.8 Å². The molecule has 0 aliphatic rings. The van der Waals surface area contributed by atoms with Crippen LogP contribution in [0.25, 0.3) is 0 Å². The van der Waals surface area contributed by atoms with E-state index in [0.717, 1.165) is 0 Å². The van der Waals surface area contributed by atoms with Crippen molar-refractivity contribution in [2.75, 3.05) is 0 Å². The van der Waals surface area contributed by atoms with Gasteiger partial charge in [0.05, 0.1) is 6.04 Å². The maximum Gasteiger partial charge on any atom is 0.326 e. The second kappa shape index (κ2) is 12.8. The third-order valence-electron chi connectivity index (χ3n) is 5.05. The number of benzene rings is 1. The maximum absolute atomic E-state index is 13.0. The summed E-state index contributed by atoms with van der Waals surface area (Å²) in [6, 6.07) is 2.19. The first-order chi connectivity index (χ1) is 15.3. The van der Waals surface area contributed by atoms with Crippen LogP contribution in [0.3, 0.4) is 0 Å². The summed E-state index contributed by atoms with van der Waals surface area (Å²) in [6.07, 6.45) is 0.536. The molecule has 0 bridgehead atoms. The molecule has 1 aromatic rings. The monoisotopic (exact) mass is 464 g/mol. The molecule has 0 aliphatic carbocycles. The predicted octanol–water partition coefficient (Wildman–Crippen LogP) is 0.523. The molecule has 0 heterocycles. The first-order valence-electron chi connectivity index (χ1n) is 11.0. The average Bonchev–Trinajstić information content (AvgIpc) is 2.71. The van der Waals surface area contributed by atoms with Gasteiger partial charge in [0.15, 0.2) is 0 Å². The summed E-state index contributed by atoms with van der Waals surface area (Å²) < 4.78 is 0. The van der Waals surface area contributed by atoms with Gasteiger partial charge in [0.1, 0.15) is 23.9 Å². The van der Waals surface area contributed by atoms with E-state index in [9.17, 15) is 29.4 Å². The van der Waals surface area contributed by atoms with Crippen LogP contribution >= 0.6 is 0 Å². The van der Waals surface area contributed by atoms with E-state index in [2.05, 4.69) is 16.0 Å². The fraction of sp³-hybridized carbons (Fsp3) is 0.565. The van der Waals surface area contributed by atoms with E-state index < -0.39 is 47.9 Å². The number of hydrogen-bond acceptors (Lipinski definition) is 6. The summed E-state index contributed by atoms with van der Waals surface area (Å²) in [5.74, 6) is -3.05. The molecule has 0 fully saturated rings. The Balaban J connectivity index is 2.95. The Morgan fingerprint density at radius 1 is 0.879 bits per heavy atom. The molecule has 1 rings (SSSR count). The minimum absolute atomic E-state index is 0.0613. The summed E-state index contributed by atoms with van der Waals surface area (Å²) in [5, 5.41) is 26.3. The van der Waals surface area contributed by atoms with Crippen molar-refractivity contribution in [1.82, 2.24) is 16.0 Å². The van der Waals surface area contributed by atoms with Crippen molar-refractivity contribution in [3.8, 4) is 5.75 Å². The van der Waals surface area contributed by atoms with Gasteiger partial charge in [0.2, 0.25) is 17.7 Å². The summed E-state index contributed by atoms with van der Waals surface area (Å²) >= 11 is 0. The molecule has 1 aromatic carbocycles. The van der Waals surface area contributed by atoms with Gasteiger partial charge in [-0.3, -0.25) is 14.4 Å². The van der Waals surface area contributed by atoms with Gasteiger partial charge in [-0.1, -0.05) is 39.8 Å². The number of hydrogen-bond donors (Lipinski definition) is 6. The Labute approximate surface area is 194 Å². The largest absolute Gasteiger partial charge is 0.508 e. The Morgan fingerprint density at radius 2 is 1.45 bits per heavy atom. The van der Waals surface area contributed by atoms with E-state index in [1.165, 1.54) is 19.1 Å². The van der Waals surface area contributed by atoms with Crippen molar-refractivity contribution in [2.45, 2.75) is 71.6 Å². The standard InChI is InChI=1S/C23H36N4O6/c1-12(2)10-17(24)21(30)26-18(11-15-6-8-16(28)9-7-15)22(31)25-14(5)20(29)27-19(13(3)4)23(32)33/h6-9,12-14,17-19,28H,10-11,24H2,1-5H3,(H,25,31)(H,26,30)(H,27,29)(H,32,33). The third-order valence-corrected chi connectivity index (χ3v) is 5.05. The van der Waals surface area contributed by atoms with E-state index >= 15 is 0 Å². The first kappa shape index (κ1) is 27.9. The van der Waals surface area contributed by atoms with Crippen LogP contribution in [-0.2, 0) is 25.6 Å². The molecular weight excluding hydrogens is 428 g/mol. The zero-order chi connectivity index (χ0) is 25.3. The fourth-order valence-corrected chi connectivity index (χ4v) is 3.14. The highest BCUT2D eigenvalue weighted by Crippen LogP contribution is 2.12. The second-order valence-electron chi connectivity index (χ2n) is 8.97. The van der Waals surface area contributed by atoms with Crippen LogP contribution in [0.4, 0.5) is 0 Å². The van der Waals surface area contributed by atoms with Crippen molar-refractivity contribution in [1.29, 1.82) is 0 Å². The lowest BCUT2D eigenvalue weighted by molar-refractivity contribution is -0.143. The number of carboxylic acid groups (broad SMARTS) is 1.